The molecule has 2 rings (SSSR count). The largest absolute Gasteiger partial charge is 0.487 e. The van der Waals surface area contributed by atoms with Gasteiger partial charge in [0.25, 0.3) is 0 Å². The number of hydrogen-bond acceptors (Lipinski definition) is 2. The smallest absolute Gasteiger partial charge is 0.141 e. The Morgan fingerprint density at radius 2 is 1.89 bits per heavy atom. The zero-order chi connectivity index (χ0) is 13.0. The Hall–Kier alpha value is -1.58. The van der Waals surface area contributed by atoms with Crippen molar-refractivity contribution in [2.24, 2.45) is 5.73 Å². The van der Waals surface area contributed by atoms with Crippen LogP contribution in [0.15, 0.2) is 42.5 Å². The van der Waals surface area contributed by atoms with Crippen LogP contribution in [-0.2, 0) is 13.2 Å². The normalized spacial score (nSPS) is 10.4. The predicted molar refractivity (Wildman–Crippen MR) is 70.1 cm³/mol. The summed E-state index contributed by atoms with van der Waals surface area (Å²) in [6, 6.07) is 12.4. The summed E-state index contributed by atoms with van der Waals surface area (Å²) in [7, 11) is 0. The van der Waals surface area contributed by atoms with Gasteiger partial charge in [-0.2, -0.15) is 0 Å². The maximum absolute atomic E-state index is 13.5. The second-order valence-electron chi connectivity index (χ2n) is 3.85. The maximum atomic E-state index is 13.5. The average Bonchev–Trinajstić information content (AvgIpc) is 2.40. The SMILES string of the molecule is NCc1cc(Cl)c(OCc2ccccc2)cc1F. The zero-order valence-corrected chi connectivity index (χ0v) is 10.5. The van der Waals surface area contributed by atoms with E-state index in [9.17, 15) is 4.39 Å². The summed E-state index contributed by atoms with van der Waals surface area (Å²) in [5.41, 5.74) is 6.77. The summed E-state index contributed by atoms with van der Waals surface area (Å²) in [5.74, 6) is -0.0693. The fraction of sp³-hybridized carbons (Fsp3) is 0.143. The topological polar surface area (TPSA) is 35.2 Å². The number of nitrogens with two attached hydrogens (primary N) is 1. The molecule has 0 heterocycles. The third-order valence-electron chi connectivity index (χ3n) is 2.56. The molecule has 0 aromatic heterocycles. The Labute approximate surface area is 110 Å². The molecule has 0 radical (unpaired) electrons. The lowest BCUT2D eigenvalue weighted by atomic mass is 10.2. The van der Waals surface area contributed by atoms with Crippen molar-refractivity contribution in [1.82, 2.24) is 0 Å². The van der Waals surface area contributed by atoms with Crippen molar-refractivity contribution in [1.29, 1.82) is 0 Å². The van der Waals surface area contributed by atoms with Crippen LogP contribution < -0.4 is 10.5 Å². The van der Waals surface area contributed by atoms with E-state index in [-0.39, 0.29) is 6.54 Å². The first kappa shape index (κ1) is 12.9. The van der Waals surface area contributed by atoms with Crippen molar-refractivity contribution in [3.8, 4) is 5.75 Å². The van der Waals surface area contributed by atoms with E-state index in [0.29, 0.717) is 22.9 Å². The number of hydrogen-bond donors (Lipinski definition) is 1. The predicted octanol–water partition coefficient (Wildman–Crippen LogP) is 3.52. The lowest BCUT2D eigenvalue weighted by Gasteiger charge is -2.10. The molecule has 0 aliphatic carbocycles. The molecule has 0 amide bonds. The molecule has 2 aromatic rings. The molecule has 0 spiro atoms. The highest BCUT2D eigenvalue weighted by Crippen LogP contribution is 2.28. The highest BCUT2D eigenvalue weighted by molar-refractivity contribution is 6.32. The van der Waals surface area contributed by atoms with Crippen LogP contribution in [0.25, 0.3) is 0 Å². The first-order chi connectivity index (χ1) is 8.70. The summed E-state index contributed by atoms with van der Waals surface area (Å²) in [6.45, 7) is 0.465. The van der Waals surface area contributed by atoms with Gasteiger partial charge in [-0.05, 0) is 11.6 Å². The Morgan fingerprint density at radius 1 is 1.17 bits per heavy atom. The van der Waals surface area contributed by atoms with Crippen LogP contribution >= 0.6 is 11.6 Å². The molecule has 0 atom stereocenters. The fourth-order valence-electron chi connectivity index (χ4n) is 1.57. The van der Waals surface area contributed by atoms with Gasteiger partial charge >= 0.3 is 0 Å². The average molecular weight is 266 g/mol. The molecule has 0 saturated carbocycles. The summed E-state index contributed by atoms with van der Waals surface area (Å²) in [5, 5.41) is 0.368. The lowest BCUT2D eigenvalue weighted by molar-refractivity contribution is 0.304. The molecule has 4 heteroatoms. The van der Waals surface area contributed by atoms with E-state index in [1.807, 2.05) is 30.3 Å². The van der Waals surface area contributed by atoms with Gasteiger partial charge in [0.05, 0.1) is 5.02 Å². The van der Waals surface area contributed by atoms with Gasteiger partial charge in [-0.3, -0.25) is 0 Å². The minimum atomic E-state index is -0.398. The molecule has 2 N–H and O–H groups in total. The second-order valence-corrected chi connectivity index (χ2v) is 4.26. The molecule has 0 saturated heterocycles. The van der Waals surface area contributed by atoms with Crippen molar-refractivity contribution in [2.45, 2.75) is 13.2 Å². The molecule has 0 aliphatic rings. The lowest BCUT2D eigenvalue weighted by Crippen LogP contribution is -2.02. The first-order valence-electron chi connectivity index (χ1n) is 5.55. The Kier molecular flexibility index (Phi) is 4.18. The van der Waals surface area contributed by atoms with Crippen LogP contribution in [0.1, 0.15) is 11.1 Å². The molecular formula is C14H13ClFNO. The van der Waals surface area contributed by atoms with Crippen molar-refractivity contribution in [2.75, 3.05) is 0 Å². The number of rotatable bonds is 4. The van der Waals surface area contributed by atoms with Crippen molar-refractivity contribution in [3.05, 3.63) is 64.4 Å². The van der Waals surface area contributed by atoms with Crippen molar-refractivity contribution < 1.29 is 9.13 Å². The standard InChI is InChI=1S/C14H13ClFNO/c15-12-6-11(8-17)13(16)7-14(12)18-9-10-4-2-1-3-5-10/h1-7H,8-9,17H2. The van der Waals surface area contributed by atoms with Crippen LogP contribution in [0.3, 0.4) is 0 Å². The van der Waals surface area contributed by atoms with Crippen molar-refractivity contribution in [3.63, 3.8) is 0 Å². The highest BCUT2D eigenvalue weighted by Gasteiger charge is 2.08. The minimum absolute atomic E-state index is 0.116. The monoisotopic (exact) mass is 265 g/mol. The number of benzene rings is 2. The quantitative estimate of drug-likeness (QED) is 0.918. The van der Waals surface area contributed by atoms with E-state index < -0.39 is 5.82 Å². The number of ether oxygens (including phenoxy) is 1. The third kappa shape index (κ3) is 3.00. The minimum Gasteiger partial charge on any atom is -0.487 e. The Morgan fingerprint density at radius 3 is 2.56 bits per heavy atom. The van der Waals surface area contributed by atoms with Gasteiger partial charge in [-0.25, -0.2) is 4.39 Å². The third-order valence-corrected chi connectivity index (χ3v) is 2.85. The summed E-state index contributed by atoms with van der Waals surface area (Å²) < 4.78 is 19.0. The summed E-state index contributed by atoms with van der Waals surface area (Å²) >= 11 is 6.00. The van der Waals surface area contributed by atoms with Crippen LogP contribution in [-0.4, -0.2) is 0 Å². The molecule has 2 aromatic carbocycles. The highest BCUT2D eigenvalue weighted by atomic mass is 35.5. The van der Waals surface area contributed by atoms with Gasteiger partial charge in [0.2, 0.25) is 0 Å². The van der Waals surface area contributed by atoms with Crippen LogP contribution in [0.5, 0.6) is 5.75 Å². The Bertz CT molecular complexity index is 531. The van der Waals surface area contributed by atoms with Gasteiger partial charge in [0.15, 0.2) is 0 Å². The molecular weight excluding hydrogens is 253 g/mol. The van der Waals surface area contributed by atoms with Crippen LogP contribution in [0, 0.1) is 5.82 Å². The van der Waals surface area contributed by atoms with E-state index in [1.165, 1.54) is 12.1 Å². The van der Waals surface area contributed by atoms with E-state index in [4.69, 9.17) is 22.1 Å². The summed E-state index contributed by atoms with van der Waals surface area (Å²) in [4.78, 5) is 0. The Balaban J connectivity index is 2.13. The van der Waals surface area contributed by atoms with Crippen LogP contribution in [0.2, 0.25) is 5.02 Å². The van der Waals surface area contributed by atoms with E-state index in [1.54, 1.807) is 0 Å². The van der Waals surface area contributed by atoms with Gasteiger partial charge in [0.1, 0.15) is 18.2 Å². The van der Waals surface area contributed by atoms with E-state index >= 15 is 0 Å². The molecule has 0 aliphatic heterocycles. The molecule has 0 unspecified atom stereocenters. The van der Waals surface area contributed by atoms with Gasteiger partial charge in [-0.15, -0.1) is 0 Å². The van der Waals surface area contributed by atoms with Gasteiger partial charge in [-0.1, -0.05) is 41.9 Å². The molecule has 2 nitrogen and oxygen atoms in total. The van der Waals surface area contributed by atoms with E-state index in [0.717, 1.165) is 5.56 Å². The number of halogens is 2. The summed E-state index contributed by atoms with van der Waals surface area (Å²) in [6.07, 6.45) is 0. The van der Waals surface area contributed by atoms with Gasteiger partial charge < -0.3 is 10.5 Å². The van der Waals surface area contributed by atoms with Crippen LogP contribution in [0.4, 0.5) is 4.39 Å². The molecule has 18 heavy (non-hydrogen) atoms. The van der Waals surface area contributed by atoms with Crippen molar-refractivity contribution >= 4 is 11.6 Å². The van der Waals surface area contributed by atoms with Gasteiger partial charge in [0, 0.05) is 18.2 Å². The molecule has 0 fully saturated rings. The molecule has 94 valence electrons. The maximum Gasteiger partial charge on any atom is 0.141 e. The fourth-order valence-corrected chi connectivity index (χ4v) is 1.81. The molecule has 0 bridgehead atoms. The zero-order valence-electron chi connectivity index (χ0n) is 9.70. The van der Waals surface area contributed by atoms with E-state index in [2.05, 4.69) is 0 Å². The first-order valence-corrected chi connectivity index (χ1v) is 5.93. The second kappa shape index (κ2) is 5.85.